The highest BCUT2D eigenvalue weighted by molar-refractivity contribution is 9.11. The third-order valence-electron chi connectivity index (χ3n) is 4.81. The molecule has 2 aromatic heterocycles. The molecule has 0 atom stereocenters. The Morgan fingerprint density at radius 3 is 1.71 bits per heavy atom. The van der Waals surface area contributed by atoms with Crippen molar-refractivity contribution in [3.05, 3.63) is 67.5 Å². The number of amides is 1. The third-order valence-corrected chi connectivity index (χ3v) is 7.92. The lowest BCUT2D eigenvalue weighted by Gasteiger charge is -2.11. The Labute approximate surface area is 269 Å². The van der Waals surface area contributed by atoms with Gasteiger partial charge in [0.15, 0.2) is 0 Å². The number of nitrogens with one attached hydrogen (secondary N) is 1. The van der Waals surface area contributed by atoms with E-state index in [2.05, 4.69) is 51.9 Å². The Morgan fingerprint density at radius 2 is 1.34 bits per heavy atom. The first-order valence-corrected chi connectivity index (χ1v) is 15.9. The fraction of sp³-hybridized carbons (Fsp3) is 0.286. The first-order chi connectivity index (χ1) is 19.2. The zero-order chi connectivity index (χ0) is 30.7. The molecule has 0 aliphatic rings. The van der Waals surface area contributed by atoms with E-state index in [0.717, 1.165) is 45.5 Å². The minimum absolute atomic E-state index is 0.106. The van der Waals surface area contributed by atoms with Gasteiger partial charge in [-0.2, -0.15) is 0 Å². The molecule has 8 nitrogen and oxygen atoms in total. The van der Waals surface area contributed by atoms with Crippen LogP contribution in [0.2, 0.25) is 0 Å². The van der Waals surface area contributed by atoms with Crippen LogP contribution in [0.25, 0.3) is 21.1 Å². The van der Waals surface area contributed by atoms with E-state index in [9.17, 15) is 9.59 Å². The number of anilines is 2. The van der Waals surface area contributed by atoms with Crippen LogP contribution in [0.5, 0.6) is 0 Å². The fourth-order valence-corrected chi connectivity index (χ4v) is 5.98. The second-order valence-corrected chi connectivity index (χ2v) is 14.2. The molecule has 0 spiro atoms. The number of aryl methyl sites for hydroxylation is 2. The van der Waals surface area contributed by atoms with Crippen LogP contribution in [-0.4, -0.2) is 33.7 Å². The maximum Gasteiger partial charge on any atom is 0.411 e. The summed E-state index contributed by atoms with van der Waals surface area (Å²) < 4.78 is 11.5. The Morgan fingerprint density at radius 1 is 0.854 bits per heavy atom. The molecule has 0 aliphatic carbocycles. The van der Waals surface area contributed by atoms with Crippen LogP contribution < -0.4 is 11.1 Å². The molecule has 0 unspecified atom stereocenters. The van der Waals surface area contributed by atoms with Crippen molar-refractivity contribution in [3.63, 3.8) is 0 Å². The third kappa shape index (κ3) is 12.5. The molecular weight excluding hydrogens is 716 g/mol. The van der Waals surface area contributed by atoms with E-state index < -0.39 is 11.5 Å². The van der Waals surface area contributed by atoms with Crippen molar-refractivity contribution < 1.29 is 19.1 Å². The second kappa shape index (κ2) is 16.8. The number of rotatable bonds is 5. The number of nitrogens with zero attached hydrogens (tertiary/aromatic N) is 2. The van der Waals surface area contributed by atoms with E-state index in [4.69, 9.17) is 22.1 Å². The van der Waals surface area contributed by atoms with Gasteiger partial charge in [0, 0.05) is 34.1 Å². The molecule has 0 aliphatic heterocycles. The van der Waals surface area contributed by atoms with Crippen molar-refractivity contribution in [2.24, 2.45) is 0 Å². The van der Waals surface area contributed by atoms with Crippen LogP contribution in [0.15, 0.2) is 56.4 Å². The summed E-state index contributed by atoms with van der Waals surface area (Å²) in [7, 11) is 0. The maximum atomic E-state index is 11.5. The molecule has 0 radical (unpaired) electrons. The van der Waals surface area contributed by atoms with Crippen LogP contribution in [0.1, 0.15) is 38.8 Å². The molecule has 13 heteroatoms. The highest BCUT2D eigenvalue weighted by Crippen LogP contribution is 2.32. The number of benzene rings is 2. The molecule has 2 aromatic carbocycles. The van der Waals surface area contributed by atoms with Gasteiger partial charge in [-0.3, -0.25) is 5.32 Å². The lowest BCUT2D eigenvalue weighted by Crippen LogP contribution is -2.17. The molecule has 4 rings (SSSR count). The SMILES string of the molecule is CC(C)OC(=O)Cl.Cc1cc(N)ccc1-c1ncc(Br)s1.Cc1cc(NC(=O)OC(C)C)ccc1-c1ncc(Br)s1. The molecule has 41 heavy (non-hydrogen) atoms. The lowest BCUT2D eigenvalue weighted by molar-refractivity contribution is 0.130. The molecule has 1 amide bonds. The van der Waals surface area contributed by atoms with Gasteiger partial charge in [-0.25, -0.2) is 19.6 Å². The summed E-state index contributed by atoms with van der Waals surface area (Å²) in [5, 5.41) is 4.68. The Bertz CT molecular complexity index is 1460. The summed E-state index contributed by atoms with van der Waals surface area (Å²) in [6, 6.07) is 11.6. The summed E-state index contributed by atoms with van der Waals surface area (Å²) >= 11 is 14.8. The molecular formula is C28H31Br2ClN4O4S2. The van der Waals surface area contributed by atoms with Crippen molar-refractivity contribution in [1.29, 1.82) is 0 Å². The number of carbonyl (C=O) groups excluding carboxylic acids is 2. The molecule has 220 valence electrons. The summed E-state index contributed by atoms with van der Waals surface area (Å²) in [5.41, 5.74) is 10.9. The summed E-state index contributed by atoms with van der Waals surface area (Å²) in [5.74, 6) is 0. The summed E-state index contributed by atoms with van der Waals surface area (Å²) in [4.78, 5) is 30.0. The molecule has 2 heterocycles. The van der Waals surface area contributed by atoms with Gasteiger partial charge < -0.3 is 15.2 Å². The van der Waals surface area contributed by atoms with Crippen molar-refractivity contribution in [3.8, 4) is 21.1 Å². The number of nitrogens with two attached hydrogens (primary N) is 1. The van der Waals surface area contributed by atoms with Gasteiger partial charge in [-0.1, -0.05) is 0 Å². The lowest BCUT2D eigenvalue weighted by atomic mass is 10.1. The summed E-state index contributed by atoms with van der Waals surface area (Å²) in [6.45, 7) is 11.1. The standard InChI is InChI=1S/C14H15BrN2O2S.C10H9BrN2S.C4H7ClO2/c1-8(2)19-14(18)17-10-4-5-11(9(3)6-10)13-16-7-12(15)20-13;1-6-4-7(12)2-3-8(6)10-13-5-9(11)14-10;1-3(2)7-4(5)6/h4-8H,1-3H3,(H,17,18);2-5H,12H2,1H3;3H,1-2H3. The highest BCUT2D eigenvalue weighted by atomic mass is 79.9. The van der Waals surface area contributed by atoms with Gasteiger partial charge in [-0.15, -0.1) is 22.7 Å². The summed E-state index contributed by atoms with van der Waals surface area (Å²) in [6.07, 6.45) is 2.92. The van der Waals surface area contributed by atoms with Crippen molar-refractivity contribution in [2.75, 3.05) is 11.1 Å². The largest absolute Gasteiger partial charge is 0.451 e. The fourth-order valence-electron chi connectivity index (χ4n) is 3.21. The molecule has 3 N–H and O–H groups in total. The van der Waals surface area contributed by atoms with Crippen molar-refractivity contribution >= 4 is 89.0 Å². The number of halogens is 3. The smallest absolute Gasteiger partial charge is 0.411 e. The molecule has 0 saturated carbocycles. The Balaban J connectivity index is 0.000000242. The van der Waals surface area contributed by atoms with Crippen LogP contribution in [0.3, 0.4) is 0 Å². The normalized spacial score (nSPS) is 10.3. The average Bonchev–Trinajstić information content (AvgIpc) is 3.46. The van der Waals surface area contributed by atoms with Gasteiger partial charge in [0.2, 0.25) is 0 Å². The average molecular weight is 747 g/mol. The molecule has 4 aromatic rings. The number of nitrogen functional groups attached to an aromatic ring is 1. The topological polar surface area (TPSA) is 116 Å². The van der Waals surface area contributed by atoms with E-state index in [1.165, 1.54) is 0 Å². The van der Waals surface area contributed by atoms with Gasteiger partial charge in [-0.05, 0) is 121 Å². The van der Waals surface area contributed by atoms with E-state index in [1.807, 2.05) is 70.3 Å². The second-order valence-electron chi connectivity index (χ2n) is 9.03. The highest BCUT2D eigenvalue weighted by Gasteiger charge is 2.10. The first kappa shape index (κ1) is 34.7. The number of ether oxygens (including phenoxy) is 2. The van der Waals surface area contributed by atoms with Crippen molar-refractivity contribution in [2.45, 2.75) is 53.8 Å². The van der Waals surface area contributed by atoms with Crippen LogP contribution in [0.4, 0.5) is 21.0 Å². The quantitative estimate of drug-likeness (QED) is 0.154. The molecule has 0 bridgehead atoms. The van der Waals surface area contributed by atoms with E-state index in [1.54, 1.807) is 42.7 Å². The van der Waals surface area contributed by atoms with Crippen LogP contribution >= 0.6 is 66.1 Å². The minimum atomic E-state index is -0.741. The van der Waals surface area contributed by atoms with Gasteiger partial charge in [0.1, 0.15) is 10.0 Å². The monoisotopic (exact) mass is 744 g/mol. The van der Waals surface area contributed by atoms with Crippen molar-refractivity contribution in [1.82, 2.24) is 9.97 Å². The number of aromatic nitrogens is 2. The Kier molecular flexibility index (Phi) is 14.2. The van der Waals surface area contributed by atoms with E-state index in [-0.39, 0.29) is 12.2 Å². The van der Waals surface area contributed by atoms with Crippen LogP contribution in [-0.2, 0) is 9.47 Å². The maximum absolute atomic E-state index is 11.5. The molecule has 0 saturated heterocycles. The van der Waals surface area contributed by atoms with Gasteiger partial charge >= 0.3 is 11.5 Å². The first-order valence-electron chi connectivity index (χ1n) is 12.3. The number of thiazole rings is 2. The zero-order valence-corrected chi connectivity index (χ0v) is 28.9. The number of carbonyl (C=O) groups is 2. The minimum Gasteiger partial charge on any atom is -0.451 e. The van der Waals surface area contributed by atoms with E-state index >= 15 is 0 Å². The van der Waals surface area contributed by atoms with Gasteiger partial charge in [0.05, 0.1) is 32.2 Å². The van der Waals surface area contributed by atoms with E-state index in [0.29, 0.717) is 5.69 Å². The number of hydrogen-bond acceptors (Lipinski definition) is 9. The Hall–Kier alpha value is -2.51. The predicted molar refractivity (Wildman–Crippen MR) is 177 cm³/mol. The molecule has 0 fully saturated rings. The number of hydrogen-bond donors (Lipinski definition) is 2. The zero-order valence-electron chi connectivity index (χ0n) is 23.3. The van der Waals surface area contributed by atoms with Gasteiger partial charge in [0.25, 0.3) is 0 Å². The predicted octanol–water partition coefficient (Wildman–Crippen LogP) is 10.1. The van der Waals surface area contributed by atoms with Crippen LogP contribution in [0, 0.1) is 13.8 Å².